The van der Waals surface area contributed by atoms with Crippen LogP contribution in [0.15, 0.2) is 36.4 Å². The van der Waals surface area contributed by atoms with E-state index in [1.165, 1.54) is 26.2 Å². The maximum Gasteiger partial charge on any atom is 0.337 e. The Bertz CT molecular complexity index is 1050. The first-order valence-corrected chi connectivity index (χ1v) is 10.9. The number of benzene rings is 2. The Hall–Kier alpha value is -2.58. The van der Waals surface area contributed by atoms with Crippen molar-refractivity contribution in [2.75, 3.05) is 23.0 Å². The first-order chi connectivity index (χ1) is 13.5. The molecule has 2 aromatic rings. The predicted molar refractivity (Wildman–Crippen MR) is 114 cm³/mol. The van der Waals surface area contributed by atoms with Gasteiger partial charge in [0.2, 0.25) is 15.9 Å². The van der Waals surface area contributed by atoms with Crippen LogP contribution in [0.3, 0.4) is 0 Å². The Morgan fingerprint density at radius 2 is 1.72 bits per heavy atom. The van der Waals surface area contributed by atoms with Crippen molar-refractivity contribution in [3.63, 3.8) is 0 Å². The lowest BCUT2D eigenvalue weighted by atomic mass is 10.1. The average molecular weight is 439 g/mol. The van der Waals surface area contributed by atoms with E-state index in [1.54, 1.807) is 38.1 Å². The number of nitrogens with zero attached hydrogens (tertiary/aromatic N) is 1. The molecule has 1 amide bonds. The zero-order valence-corrected chi connectivity index (χ0v) is 18.4. The highest BCUT2D eigenvalue weighted by molar-refractivity contribution is 7.92. The van der Waals surface area contributed by atoms with Gasteiger partial charge in [0.05, 0.1) is 24.6 Å². The Kier molecular flexibility index (Phi) is 6.92. The van der Waals surface area contributed by atoms with Crippen molar-refractivity contribution in [2.45, 2.75) is 26.8 Å². The second-order valence-electron chi connectivity index (χ2n) is 6.68. The van der Waals surface area contributed by atoms with Gasteiger partial charge in [-0.25, -0.2) is 13.2 Å². The van der Waals surface area contributed by atoms with Gasteiger partial charge in [0.15, 0.2) is 0 Å². The molecule has 0 aliphatic rings. The summed E-state index contributed by atoms with van der Waals surface area (Å²) in [6, 6.07) is 8.45. The van der Waals surface area contributed by atoms with Crippen molar-refractivity contribution >= 4 is 44.9 Å². The molecule has 0 fully saturated rings. The van der Waals surface area contributed by atoms with Gasteiger partial charge < -0.3 is 10.1 Å². The summed E-state index contributed by atoms with van der Waals surface area (Å²) in [5.41, 5.74) is 2.44. The smallest absolute Gasteiger partial charge is 0.337 e. The Labute approximate surface area is 175 Å². The Morgan fingerprint density at radius 1 is 1.10 bits per heavy atom. The van der Waals surface area contributed by atoms with Crippen molar-refractivity contribution in [1.82, 2.24) is 0 Å². The monoisotopic (exact) mass is 438 g/mol. The molecule has 0 saturated heterocycles. The summed E-state index contributed by atoms with van der Waals surface area (Å²) >= 11 is 6.14. The second kappa shape index (κ2) is 8.84. The molecule has 2 aromatic carbocycles. The minimum atomic E-state index is -3.78. The number of hydrogen-bond acceptors (Lipinski definition) is 5. The lowest BCUT2D eigenvalue weighted by Gasteiger charge is -2.28. The van der Waals surface area contributed by atoms with Crippen LogP contribution < -0.4 is 9.62 Å². The summed E-state index contributed by atoms with van der Waals surface area (Å²) in [5, 5.41) is 3.09. The standard InChI is InChI=1S/C20H23ClN2O5S/c1-12-7-9-16(11-17(12)21)23(29(5,26)27)14(3)19(24)22-18-10-15(20(25)28-4)8-6-13(18)2/h6-11,14H,1-5H3,(H,22,24). The fourth-order valence-corrected chi connectivity index (χ4v) is 4.11. The number of amides is 1. The van der Waals surface area contributed by atoms with Crippen molar-refractivity contribution in [2.24, 2.45) is 0 Å². The molecule has 0 heterocycles. The van der Waals surface area contributed by atoms with E-state index in [0.29, 0.717) is 16.3 Å². The Balaban J connectivity index is 2.37. The molecule has 1 N–H and O–H groups in total. The number of nitrogens with one attached hydrogen (secondary N) is 1. The van der Waals surface area contributed by atoms with E-state index in [2.05, 4.69) is 5.32 Å². The van der Waals surface area contributed by atoms with Gasteiger partial charge in [0.25, 0.3) is 0 Å². The molecule has 0 radical (unpaired) electrons. The molecule has 0 saturated carbocycles. The van der Waals surface area contributed by atoms with E-state index in [0.717, 1.165) is 16.1 Å². The minimum Gasteiger partial charge on any atom is -0.465 e. The van der Waals surface area contributed by atoms with Crippen LogP contribution in [0.2, 0.25) is 5.02 Å². The van der Waals surface area contributed by atoms with Crippen molar-refractivity contribution in [3.8, 4) is 0 Å². The van der Waals surface area contributed by atoms with Gasteiger partial charge in [-0.15, -0.1) is 0 Å². The highest BCUT2D eigenvalue weighted by Gasteiger charge is 2.30. The largest absolute Gasteiger partial charge is 0.465 e. The molecule has 1 unspecified atom stereocenters. The molecule has 2 rings (SSSR count). The number of rotatable bonds is 6. The second-order valence-corrected chi connectivity index (χ2v) is 8.95. The molecule has 29 heavy (non-hydrogen) atoms. The zero-order valence-electron chi connectivity index (χ0n) is 16.8. The highest BCUT2D eigenvalue weighted by Crippen LogP contribution is 2.27. The van der Waals surface area contributed by atoms with Gasteiger partial charge in [-0.2, -0.15) is 0 Å². The number of ether oxygens (including phenoxy) is 1. The number of aryl methyl sites for hydroxylation is 2. The summed E-state index contributed by atoms with van der Waals surface area (Å²) in [7, 11) is -2.52. The van der Waals surface area contributed by atoms with Crippen LogP contribution in [0, 0.1) is 13.8 Å². The van der Waals surface area contributed by atoms with Gasteiger partial charge in [-0.05, 0) is 56.2 Å². The number of carbonyl (C=O) groups excluding carboxylic acids is 2. The number of methoxy groups -OCH3 is 1. The number of hydrogen-bond donors (Lipinski definition) is 1. The quantitative estimate of drug-likeness (QED) is 0.696. The third-order valence-electron chi connectivity index (χ3n) is 4.41. The van der Waals surface area contributed by atoms with E-state index in [9.17, 15) is 18.0 Å². The number of sulfonamides is 1. The molecule has 156 valence electrons. The topological polar surface area (TPSA) is 92.8 Å². The number of carbonyl (C=O) groups is 2. The molecule has 0 aliphatic heterocycles. The van der Waals surface area contributed by atoms with Crippen LogP contribution in [-0.4, -0.2) is 39.7 Å². The predicted octanol–water partition coefficient (Wildman–Crippen LogP) is 3.54. The van der Waals surface area contributed by atoms with Crippen LogP contribution in [0.25, 0.3) is 0 Å². The molecular weight excluding hydrogens is 416 g/mol. The molecule has 1 atom stereocenters. The van der Waals surface area contributed by atoms with Crippen LogP contribution in [0.1, 0.15) is 28.4 Å². The van der Waals surface area contributed by atoms with Gasteiger partial charge >= 0.3 is 5.97 Å². The first kappa shape index (κ1) is 22.7. The van der Waals surface area contributed by atoms with Gasteiger partial charge in [-0.1, -0.05) is 23.7 Å². The molecule has 7 nitrogen and oxygen atoms in total. The number of halogens is 1. The zero-order chi connectivity index (χ0) is 21.9. The summed E-state index contributed by atoms with van der Waals surface area (Å²) in [5.74, 6) is -1.10. The van der Waals surface area contributed by atoms with E-state index in [4.69, 9.17) is 16.3 Å². The minimum absolute atomic E-state index is 0.270. The lowest BCUT2D eigenvalue weighted by Crippen LogP contribution is -2.45. The van der Waals surface area contributed by atoms with E-state index < -0.39 is 27.9 Å². The SMILES string of the molecule is COC(=O)c1ccc(C)c(NC(=O)C(C)N(c2ccc(C)c(Cl)c2)S(C)(=O)=O)c1. The summed E-state index contributed by atoms with van der Waals surface area (Å²) in [4.78, 5) is 24.6. The average Bonchev–Trinajstić information content (AvgIpc) is 2.64. The third-order valence-corrected chi connectivity index (χ3v) is 6.06. The maximum absolute atomic E-state index is 12.9. The van der Waals surface area contributed by atoms with E-state index in [1.807, 2.05) is 0 Å². The highest BCUT2D eigenvalue weighted by atomic mass is 35.5. The van der Waals surface area contributed by atoms with Crippen LogP contribution in [-0.2, 0) is 19.6 Å². The van der Waals surface area contributed by atoms with E-state index in [-0.39, 0.29) is 11.3 Å². The maximum atomic E-state index is 12.9. The fourth-order valence-electron chi connectivity index (χ4n) is 2.77. The van der Waals surface area contributed by atoms with Gasteiger partial charge in [0, 0.05) is 10.7 Å². The first-order valence-electron chi connectivity index (χ1n) is 8.71. The molecule has 0 aromatic heterocycles. The fraction of sp³-hybridized carbons (Fsp3) is 0.300. The van der Waals surface area contributed by atoms with Crippen molar-refractivity contribution in [1.29, 1.82) is 0 Å². The van der Waals surface area contributed by atoms with Gasteiger partial charge in [-0.3, -0.25) is 9.10 Å². The molecule has 0 aliphatic carbocycles. The Morgan fingerprint density at radius 3 is 2.28 bits per heavy atom. The molecule has 0 bridgehead atoms. The van der Waals surface area contributed by atoms with Crippen molar-refractivity contribution < 1.29 is 22.7 Å². The van der Waals surface area contributed by atoms with Crippen LogP contribution in [0.5, 0.6) is 0 Å². The summed E-state index contributed by atoms with van der Waals surface area (Å²) < 4.78 is 30.5. The van der Waals surface area contributed by atoms with Crippen LogP contribution in [0.4, 0.5) is 11.4 Å². The van der Waals surface area contributed by atoms with Crippen LogP contribution >= 0.6 is 11.6 Å². The van der Waals surface area contributed by atoms with Gasteiger partial charge in [0.1, 0.15) is 6.04 Å². The molecular formula is C20H23ClN2O5S. The molecule has 0 spiro atoms. The van der Waals surface area contributed by atoms with E-state index >= 15 is 0 Å². The number of anilines is 2. The molecule has 9 heteroatoms. The normalized spacial score (nSPS) is 12.2. The third kappa shape index (κ3) is 5.27. The number of esters is 1. The summed E-state index contributed by atoms with van der Waals surface area (Å²) in [6.07, 6.45) is 1.02. The lowest BCUT2D eigenvalue weighted by molar-refractivity contribution is -0.116. The summed E-state index contributed by atoms with van der Waals surface area (Å²) in [6.45, 7) is 5.03. The van der Waals surface area contributed by atoms with Crippen molar-refractivity contribution in [3.05, 3.63) is 58.1 Å².